The summed E-state index contributed by atoms with van der Waals surface area (Å²) in [6.45, 7) is -7.61. The quantitative estimate of drug-likeness (QED) is 0.325. The van der Waals surface area contributed by atoms with E-state index in [4.69, 9.17) is 29.4 Å². The number of aromatic nitrogens is 2. The molecule has 0 bridgehead atoms. The first-order valence-electron chi connectivity index (χ1n) is 3.26. The first kappa shape index (κ1) is 18.5. The van der Waals surface area contributed by atoms with Gasteiger partial charge in [-0.15, -0.1) is 0 Å². The van der Waals surface area contributed by atoms with Gasteiger partial charge in [-0.25, -0.2) is 9.97 Å². The van der Waals surface area contributed by atoms with Gasteiger partial charge in [0.15, 0.2) is 0 Å². The van der Waals surface area contributed by atoms with Crippen LogP contribution in [0.2, 0.25) is 0 Å². The highest BCUT2D eigenvalue weighted by atomic mass is 32.5. The third-order valence-electron chi connectivity index (χ3n) is 0.478. The van der Waals surface area contributed by atoms with E-state index in [1.54, 1.807) is 18.5 Å². The van der Waals surface area contributed by atoms with Crippen molar-refractivity contribution >= 4 is 37.1 Å². The summed E-state index contributed by atoms with van der Waals surface area (Å²) in [7, 11) is 0. The average Bonchev–Trinajstić information content (AvgIpc) is 2.01. The van der Waals surface area contributed by atoms with Crippen LogP contribution in [0.3, 0.4) is 0 Å². The molecule has 0 aliphatic carbocycles. The highest BCUT2D eigenvalue weighted by molar-refractivity contribution is 8.06. The van der Waals surface area contributed by atoms with E-state index in [1.165, 1.54) is 6.33 Å². The third kappa shape index (κ3) is 64.8. The molecule has 1 aromatic rings. The van der Waals surface area contributed by atoms with Crippen LogP contribution in [0.15, 0.2) is 24.8 Å². The van der Waals surface area contributed by atoms with Gasteiger partial charge in [-0.05, 0) is 29.7 Å². The van der Waals surface area contributed by atoms with Gasteiger partial charge >= 0.3 is 13.4 Å². The van der Waals surface area contributed by atoms with Gasteiger partial charge in [-0.2, -0.15) is 0 Å². The van der Waals surface area contributed by atoms with Gasteiger partial charge in [0.05, 0.1) is 0 Å². The fourth-order valence-electron chi connectivity index (χ4n) is 0.253. The molecule has 0 saturated carbocycles. The maximum absolute atomic E-state index is 7.56. The fraction of sp³-hybridized carbons (Fsp3) is 0. The largest absolute Gasteiger partial charge is 0.325 e. The van der Waals surface area contributed by atoms with E-state index in [-0.39, 0.29) is 0 Å². The van der Waals surface area contributed by atoms with Crippen molar-refractivity contribution in [2.45, 2.75) is 0 Å². The molecule has 0 saturated heterocycles. The first-order chi connectivity index (χ1) is 7.00. The van der Waals surface area contributed by atoms with Crippen LogP contribution >= 0.6 is 13.4 Å². The van der Waals surface area contributed by atoms with E-state index < -0.39 is 13.4 Å². The summed E-state index contributed by atoms with van der Waals surface area (Å²) in [5, 5.41) is 0. The Kier molecular flexibility index (Phi) is 10.6. The molecule has 0 aliphatic rings. The average molecular weight is 308 g/mol. The summed E-state index contributed by atoms with van der Waals surface area (Å²) < 4.78 is 0. The summed E-state index contributed by atoms with van der Waals surface area (Å²) in [6, 6.07) is 1.78. The minimum Gasteiger partial charge on any atom is -0.325 e. The first-order valence-corrected chi connectivity index (χ1v) is 8.59. The monoisotopic (exact) mass is 308 g/mol. The predicted molar refractivity (Wildman–Crippen MR) is 63.9 cm³/mol. The molecule has 1 heterocycles. The standard InChI is InChI=1S/C4H4N2.2H3O3PS/c1-2-5-4-6-3-1;2*1-4(2,3)5/h1-4H;2*(H3,1,2,3,5). The lowest BCUT2D eigenvalue weighted by molar-refractivity contribution is 0.361. The minimum absolute atomic E-state index is 1.50. The van der Waals surface area contributed by atoms with E-state index in [1.807, 2.05) is 0 Å². The van der Waals surface area contributed by atoms with E-state index in [0.29, 0.717) is 0 Å². The van der Waals surface area contributed by atoms with Crippen molar-refractivity contribution in [3.63, 3.8) is 0 Å². The maximum atomic E-state index is 7.56. The Hall–Kier alpha value is 0.140. The zero-order valence-corrected chi connectivity index (χ0v) is 11.0. The van der Waals surface area contributed by atoms with Gasteiger partial charge in [0.2, 0.25) is 0 Å². The van der Waals surface area contributed by atoms with Gasteiger partial charge in [-0.1, -0.05) is 0 Å². The van der Waals surface area contributed by atoms with Crippen LogP contribution in [0, 0.1) is 0 Å². The van der Waals surface area contributed by atoms with Gasteiger partial charge < -0.3 is 29.4 Å². The Bertz CT molecular complexity index is 290. The molecular weight excluding hydrogens is 298 g/mol. The molecule has 1 aromatic heterocycles. The van der Waals surface area contributed by atoms with Crippen molar-refractivity contribution in [3.8, 4) is 0 Å². The molecule has 0 amide bonds. The van der Waals surface area contributed by atoms with Crippen molar-refractivity contribution in [3.05, 3.63) is 24.8 Å². The van der Waals surface area contributed by atoms with Crippen LogP contribution in [0.1, 0.15) is 0 Å². The molecule has 12 heteroatoms. The highest BCUT2D eigenvalue weighted by Gasteiger charge is 1.92. The van der Waals surface area contributed by atoms with Crippen LogP contribution in [0.25, 0.3) is 0 Å². The molecule has 0 spiro atoms. The molecule has 0 aliphatic heterocycles. The molecule has 0 fully saturated rings. The third-order valence-corrected chi connectivity index (χ3v) is 0.478. The lowest BCUT2D eigenvalue weighted by atomic mass is 10.7. The van der Waals surface area contributed by atoms with Crippen LogP contribution < -0.4 is 0 Å². The van der Waals surface area contributed by atoms with Crippen LogP contribution in [0.4, 0.5) is 0 Å². The van der Waals surface area contributed by atoms with E-state index >= 15 is 0 Å². The van der Waals surface area contributed by atoms with Crippen molar-refractivity contribution in [1.29, 1.82) is 0 Å². The lowest BCUT2D eigenvalue weighted by Gasteiger charge is -1.88. The molecule has 0 radical (unpaired) electrons. The molecule has 16 heavy (non-hydrogen) atoms. The number of hydrogen-bond acceptors (Lipinski definition) is 4. The molecular formula is C4H10N2O6P2S2. The summed E-state index contributed by atoms with van der Waals surface area (Å²) in [5.41, 5.74) is 0. The molecule has 94 valence electrons. The predicted octanol–water partition coefficient (Wildman–Crippen LogP) is -1.15. The Balaban J connectivity index is 0. The number of hydrogen-bond donors (Lipinski definition) is 6. The Morgan fingerprint density at radius 2 is 1.00 bits per heavy atom. The van der Waals surface area contributed by atoms with Crippen LogP contribution in [0.5, 0.6) is 0 Å². The Morgan fingerprint density at radius 1 is 0.750 bits per heavy atom. The second-order valence-corrected chi connectivity index (χ2v) is 6.92. The SMILES string of the molecule is OP(O)(O)=S.OP(O)(O)=S.c1cncnc1. The maximum Gasteiger partial charge on any atom is 0.319 e. The van der Waals surface area contributed by atoms with Crippen molar-refractivity contribution in [2.75, 3.05) is 0 Å². The van der Waals surface area contributed by atoms with Crippen molar-refractivity contribution in [1.82, 2.24) is 9.97 Å². The second kappa shape index (κ2) is 9.20. The molecule has 0 atom stereocenters. The fourth-order valence-corrected chi connectivity index (χ4v) is 0.253. The second-order valence-electron chi connectivity index (χ2n) is 1.93. The van der Waals surface area contributed by atoms with Crippen LogP contribution in [-0.2, 0) is 23.6 Å². The summed E-state index contributed by atoms with van der Waals surface area (Å²) in [6.07, 6.45) is 4.88. The summed E-state index contributed by atoms with van der Waals surface area (Å²) in [5.74, 6) is 0. The van der Waals surface area contributed by atoms with E-state index in [9.17, 15) is 0 Å². The minimum atomic E-state index is -3.81. The van der Waals surface area contributed by atoms with E-state index in [0.717, 1.165) is 0 Å². The zero-order chi connectivity index (χ0) is 13.2. The molecule has 8 nitrogen and oxygen atoms in total. The topological polar surface area (TPSA) is 147 Å². The number of nitrogens with zero attached hydrogens (tertiary/aromatic N) is 2. The Labute approximate surface area is 101 Å². The highest BCUT2D eigenvalue weighted by Crippen LogP contribution is 2.26. The summed E-state index contributed by atoms with van der Waals surface area (Å²) in [4.78, 5) is 52.7. The van der Waals surface area contributed by atoms with Gasteiger partial charge in [0, 0.05) is 12.4 Å². The van der Waals surface area contributed by atoms with Gasteiger partial charge in [-0.3, -0.25) is 0 Å². The van der Waals surface area contributed by atoms with Gasteiger partial charge in [0.1, 0.15) is 6.33 Å². The molecule has 0 unspecified atom stereocenters. The van der Waals surface area contributed by atoms with E-state index in [2.05, 4.69) is 33.6 Å². The zero-order valence-electron chi connectivity index (χ0n) is 7.60. The number of rotatable bonds is 0. The molecule has 6 N–H and O–H groups in total. The Morgan fingerprint density at radius 3 is 1.06 bits per heavy atom. The lowest BCUT2D eigenvalue weighted by Crippen LogP contribution is -1.66. The summed E-state index contributed by atoms with van der Waals surface area (Å²) >= 11 is 7.21. The van der Waals surface area contributed by atoms with Crippen molar-refractivity contribution < 1.29 is 29.4 Å². The molecule has 1 rings (SSSR count). The molecule has 0 aromatic carbocycles. The van der Waals surface area contributed by atoms with Crippen molar-refractivity contribution in [2.24, 2.45) is 0 Å². The van der Waals surface area contributed by atoms with Gasteiger partial charge in [0.25, 0.3) is 0 Å². The normalized spacial score (nSPS) is 10.4. The van der Waals surface area contributed by atoms with Crippen LogP contribution in [-0.4, -0.2) is 39.3 Å². The smallest absolute Gasteiger partial charge is 0.319 e.